The molecule has 1 unspecified atom stereocenters. The standard InChI is InChI=1S/C14H26O2/c1-6-15-14(5)16-11-10-13(4)9-7-8-12(2)3/h8,10,14H,6-7,9,11H2,1-5H3. The minimum Gasteiger partial charge on any atom is -0.353 e. The van der Waals surface area contributed by atoms with Gasteiger partial charge in [-0.25, -0.2) is 0 Å². The quantitative estimate of drug-likeness (QED) is 0.458. The minimum absolute atomic E-state index is 0.105. The minimum atomic E-state index is -0.105. The van der Waals surface area contributed by atoms with Gasteiger partial charge in [0.05, 0.1) is 6.61 Å². The van der Waals surface area contributed by atoms with Crippen LogP contribution >= 0.6 is 0 Å². The van der Waals surface area contributed by atoms with Crippen LogP contribution in [-0.4, -0.2) is 19.5 Å². The van der Waals surface area contributed by atoms with Crippen LogP contribution in [-0.2, 0) is 9.47 Å². The summed E-state index contributed by atoms with van der Waals surface area (Å²) in [5.41, 5.74) is 2.76. The summed E-state index contributed by atoms with van der Waals surface area (Å²) in [4.78, 5) is 0. The molecule has 0 saturated heterocycles. The molecule has 0 heterocycles. The Kier molecular flexibility index (Phi) is 9.25. The summed E-state index contributed by atoms with van der Waals surface area (Å²) in [6, 6.07) is 0. The van der Waals surface area contributed by atoms with Gasteiger partial charge in [0.2, 0.25) is 0 Å². The Hall–Kier alpha value is -0.600. The van der Waals surface area contributed by atoms with Gasteiger partial charge in [0, 0.05) is 6.61 Å². The second-order valence-electron chi connectivity index (χ2n) is 4.23. The fourth-order valence-electron chi connectivity index (χ4n) is 1.30. The highest BCUT2D eigenvalue weighted by Gasteiger charge is 1.97. The fourth-order valence-corrected chi connectivity index (χ4v) is 1.30. The molecule has 0 N–H and O–H groups in total. The summed E-state index contributed by atoms with van der Waals surface area (Å²) in [6.07, 6.45) is 6.52. The molecule has 2 nitrogen and oxygen atoms in total. The van der Waals surface area contributed by atoms with E-state index in [-0.39, 0.29) is 6.29 Å². The summed E-state index contributed by atoms with van der Waals surface area (Å²) in [6.45, 7) is 11.6. The highest BCUT2D eigenvalue weighted by molar-refractivity contribution is 5.02. The van der Waals surface area contributed by atoms with Crippen LogP contribution in [0.25, 0.3) is 0 Å². The van der Waals surface area contributed by atoms with E-state index in [0.717, 1.165) is 12.8 Å². The zero-order valence-electron chi connectivity index (χ0n) is 11.4. The summed E-state index contributed by atoms with van der Waals surface area (Å²) in [5.74, 6) is 0. The smallest absolute Gasteiger partial charge is 0.155 e. The Balaban J connectivity index is 3.66. The van der Waals surface area contributed by atoms with Crippen molar-refractivity contribution in [3.8, 4) is 0 Å². The van der Waals surface area contributed by atoms with E-state index < -0.39 is 0 Å². The predicted molar refractivity (Wildman–Crippen MR) is 69.5 cm³/mol. The Bertz CT molecular complexity index is 225. The van der Waals surface area contributed by atoms with Crippen molar-refractivity contribution in [2.24, 2.45) is 0 Å². The number of hydrogen-bond donors (Lipinski definition) is 0. The molecule has 0 spiro atoms. The molecule has 0 radical (unpaired) electrons. The summed E-state index contributed by atoms with van der Waals surface area (Å²) in [7, 11) is 0. The van der Waals surface area contributed by atoms with Crippen molar-refractivity contribution in [3.63, 3.8) is 0 Å². The molecule has 0 rings (SSSR count). The fraction of sp³-hybridized carbons (Fsp3) is 0.714. The van der Waals surface area contributed by atoms with Gasteiger partial charge in [0.25, 0.3) is 0 Å². The third kappa shape index (κ3) is 9.94. The zero-order chi connectivity index (χ0) is 12.4. The van der Waals surface area contributed by atoms with Crippen LogP contribution < -0.4 is 0 Å². The lowest BCUT2D eigenvalue weighted by atomic mass is 10.1. The van der Waals surface area contributed by atoms with Gasteiger partial charge < -0.3 is 9.47 Å². The van der Waals surface area contributed by atoms with Crippen molar-refractivity contribution in [2.75, 3.05) is 13.2 Å². The molecule has 0 saturated carbocycles. The van der Waals surface area contributed by atoms with Gasteiger partial charge in [0.1, 0.15) is 0 Å². The maximum absolute atomic E-state index is 5.47. The van der Waals surface area contributed by atoms with Crippen LogP contribution in [0.5, 0.6) is 0 Å². The van der Waals surface area contributed by atoms with Crippen molar-refractivity contribution in [2.45, 2.75) is 53.8 Å². The largest absolute Gasteiger partial charge is 0.353 e. The molecule has 0 aromatic heterocycles. The highest BCUT2D eigenvalue weighted by atomic mass is 16.7. The lowest BCUT2D eigenvalue weighted by Gasteiger charge is -2.11. The molecule has 0 aliphatic rings. The Morgan fingerprint density at radius 2 is 1.81 bits per heavy atom. The number of allylic oxidation sites excluding steroid dienone is 3. The van der Waals surface area contributed by atoms with Gasteiger partial charge in [0.15, 0.2) is 6.29 Å². The summed E-state index contributed by atoms with van der Waals surface area (Å²) in [5, 5.41) is 0. The molecule has 0 aromatic carbocycles. The van der Waals surface area contributed by atoms with Crippen molar-refractivity contribution < 1.29 is 9.47 Å². The van der Waals surface area contributed by atoms with Crippen LogP contribution in [0.3, 0.4) is 0 Å². The van der Waals surface area contributed by atoms with E-state index in [0.29, 0.717) is 13.2 Å². The molecule has 16 heavy (non-hydrogen) atoms. The Labute approximate surface area is 100 Å². The third-order valence-corrected chi connectivity index (χ3v) is 2.26. The van der Waals surface area contributed by atoms with Gasteiger partial charge in [-0.15, -0.1) is 0 Å². The molecule has 0 aliphatic carbocycles. The van der Waals surface area contributed by atoms with Crippen molar-refractivity contribution in [1.29, 1.82) is 0 Å². The van der Waals surface area contributed by atoms with E-state index in [1.165, 1.54) is 11.1 Å². The van der Waals surface area contributed by atoms with Gasteiger partial charge in [-0.2, -0.15) is 0 Å². The van der Waals surface area contributed by atoms with Crippen LogP contribution in [0.4, 0.5) is 0 Å². The average Bonchev–Trinajstić information content (AvgIpc) is 2.17. The first-order valence-electron chi connectivity index (χ1n) is 6.08. The normalized spacial score (nSPS) is 13.7. The molecule has 1 atom stereocenters. The molecule has 94 valence electrons. The van der Waals surface area contributed by atoms with E-state index in [2.05, 4.69) is 32.9 Å². The lowest BCUT2D eigenvalue weighted by molar-refractivity contribution is -0.118. The lowest BCUT2D eigenvalue weighted by Crippen LogP contribution is -2.12. The summed E-state index contributed by atoms with van der Waals surface area (Å²) >= 11 is 0. The average molecular weight is 226 g/mol. The molecule has 0 amide bonds. The maximum Gasteiger partial charge on any atom is 0.155 e. The highest BCUT2D eigenvalue weighted by Crippen LogP contribution is 2.06. The predicted octanol–water partition coefficient (Wildman–Crippen LogP) is 4.08. The SMILES string of the molecule is CCOC(C)OCC=C(C)CCC=C(C)C. The molecule has 0 bridgehead atoms. The number of rotatable bonds is 8. The van der Waals surface area contributed by atoms with E-state index in [9.17, 15) is 0 Å². The van der Waals surface area contributed by atoms with Crippen LogP contribution in [0.2, 0.25) is 0 Å². The van der Waals surface area contributed by atoms with Crippen molar-refractivity contribution in [3.05, 3.63) is 23.3 Å². The monoisotopic (exact) mass is 226 g/mol. The second-order valence-corrected chi connectivity index (χ2v) is 4.23. The van der Waals surface area contributed by atoms with Crippen molar-refractivity contribution >= 4 is 0 Å². The Morgan fingerprint density at radius 3 is 2.38 bits per heavy atom. The molecule has 2 heteroatoms. The van der Waals surface area contributed by atoms with E-state index in [1.807, 2.05) is 13.8 Å². The topological polar surface area (TPSA) is 18.5 Å². The Morgan fingerprint density at radius 1 is 1.12 bits per heavy atom. The van der Waals surface area contributed by atoms with E-state index in [1.54, 1.807) is 0 Å². The zero-order valence-corrected chi connectivity index (χ0v) is 11.4. The second kappa shape index (κ2) is 9.61. The van der Waals surface area contributed by atoms with Gasteiger partial charge in [-0.05, 0) is 47.5 Å². The van der Waals surface area contributed by atoms with Crippen LogP contribution in [0.1, 0.15) is 47.5 Å². The maximum atomic E-state index is 5.47. The molecular weight excluding hydrogens is 200 g/mol. The first-order valence-corrected chi connectivity index (χ1v) is 6.08. The van der Waals surface area contributed by atoms with Gasteiger partial charge in [-0.1, -0.05) is 23.3 Å². The van der Waals surface area contributed by atoms with Crippen LogP contribution in [0.15, 0.2) is 23.3 Å². The van der Waals surface area contributed by atoms with E-state index >= 15 is 0 Å². The molecule has 0 fully saturated rings. The molecule has 0 aromatic rings. The van der Waals surface area contributed by atoms with Gasteiger partial charge >= 0.3 is 0 Å². The van der Waals surface area contributed by atoms with Gasteiger partial charge in [-0.3, -0.25) is 0 Å². The van der Waals surface area contributed by atoms with Crippen LogP contribution in [0, 0.1) is 0 Å². The van der Waals surface area contributed by atoms with E-state index in [4.69, 9.17) is 9.47 Å². The first-order chi connectivity index (χ1) is 7.56. The number of ether oxygens (including phenoxy) is 2. The number of hydrogen-bond acceptors (Lipinski definition) is 2. The summed E-state index contributed by atoms with van der Waals surface area (Å²) < 4.78 is 10.7. The first kappa shape index (κ1) is 15.4. The third-order valence-electron chi connectivity index (χ3n) is 2.26. The van der Waals surface area contributed by atoms with Crippen molar-refractivity contribution in [1.82, 2.24) is 0 Å². The molecular formula is C14H26O2. The molecule has 0 aliphatic heterocycles.